The van der Waals surface area contributed by atoms with E-state index in [1.54, 1.807) is 0 Å². The van der Waals surface area contributed by atoms with Crippen molar-refractivity contribution in [2.45, 2.75) is 46.1 Å². The summed E-state index contributed by atoms with van der Waals surface area (Å²) in [6.45, 7) is 8.43. The highest BCUT2D eigenvalue weighted by Crippen LogP contribution is 2.32. The van der Waals surface area contributed by atoms with Gasteiger partial charge in [-0.2, -0.15) is 0 Å². The molecule has 2 rings (SSSR count). The minimum absolute atomic E-state index is 0.175. The SMILES string of the molecule is CC1CCC(NC(=O)C2(C)CCNC2)C1C. The molecule has 1 aliphatic heterocycles. The first-order chi connectivity index (χ1) is 7.53. The maximum Gasteiger partial charge on any atom is 0.227 e. The third-order valence-electron chi connectivity index (χ3n) is 4.70. The molecule has 2 aliphatic rings. The van der Waals surface area contributed by atoms with E-state index in [-0.39, 0.29) is 11.3 Å². The molecule has 2 N–H and O–H groups in total. The zero-order chi connectivity index (χ0) is 11.8. The molecule has 1 amide bonds. The Kier molecular flexibility index (Phi) is 3.24. The predicted molar refractivity (Wildman–Crippen MR) is 65.1 cm³/mol. The number of rotatable bonds is 2. The second-order valence-electron chi connectivity index (χ2n) is 5.98. The summed E-state index contributed by atoms with van der Waals surface area (Å²) >= 11 is 0. The van der Waals surface area contributed by atoms with Crippen molar-refractivity contribution >= 4 is 5.91 Å². The van der Waals surface area contributed by atoms with Crippen LogP contribution < -0.4 is 10.6 Å². The third-order valence-corrected chi connectivity index (χ3v) is 4.70. The summed E-state index contributed by atoms with van der Waals surface area (Å²) < 4.78 is 0. The van der Waals surface area contributed by atoms with Crippen molar-refractivity contribution < 1.29 is 4.79 Å². The lowest BCUT2D eigenvalue weighted by molar-refractivity contribution is -0.130. The summed E-state index contributed by atoms with van der Waals surface area (Å²) in [6, 6.07) is 0.403. The summed E-state index contributed by atoms with van der Waals surface area (Å²) in [5.74, 6) is 1.63. The number of hydrogen-bond donors (Lipinski definition) is 2. The van der Waals surface area contributed by atoms with Crippen LogP contribution in [0.1, 0.15) is 40.0 Å². The first-order valence-corrected chi connectivity index (χ1v) is 6.54. The smallest absolute Gasteiger partial charge is 0.227 e. The quantitative estimate of drug-likeness (QED) is 0.747. The summed E-state index contributed by atoms with van der Waals surface area (Å²) in [7, 11) is 0. The average molecular weight is 224 g/mol. The lowest BCUT2D eigenvalue weighted by Gasteiger charge is -2.27. The van der Waals surface area contributed by atoms with Gasteiger partial charge in [0.25, 0.3) is 0 Å². The van der Waals surface area contributed by atoms with Crippen molar-refractivity contribution in [3.8, 4) is 0 Å². The molecule has 0 bridgehead atoms. The molecule has 3 nitrogen and oxygen atoms in total. The molecule has 1 heterocycles. The van der Waals surface area contributed by atoms with Gasteiger partial charge in [-0.15, -0.1) is 0 Å². The largest absolute Gasteiger partial charge is 0.353 e. The van der Waals surface area contributed by atoms with Gasteiger partial charge in [0.2, 0.25) is 5.91 Å². The molecule has 16 heavy (non-hydrogen) atoms. The Balaban J connectivity index is 1.92. The molecule has 92 valence electrons. The van der Waals surface area contributed by atoms with Gasteiger partial charge in [0.05, 0.1) is 5.41 Å². The Labute approximate surface area is 98.4 Å². The van der Waals surface area contributed by atoms with Gasteiger partial charge in [0.1, 0.15) is 0 Å². The number of hydrogen-bond acceptors (Lipinski definition) is 2. The first-order valence-electron chi connectivity index (χ1n) is 6.54. The van der Waals surface area contributed by atoms with E-state index in [1.807, 2.05) is 0 Å². The summed E-state index contributed by atoms with van der Waals surface area (Å²) in [5.41, 5.74) is -0.175. The van der Waals surface area contributed by atoms with Gasteiger partial charge in [-0.25, -0.2) is 0 Å². The highest BCUT2D eigenvalue weighted by Gasteiger charge is 2.39. The number of amides is 1. The maximum atomic E-state index is 12.2. The predicted octanol–water partition coefficient (Wildman–Crippen LogP) is 1.54. The molecule has 0 radical (unpaired) electrons. The topological polar surface area (TPSA) is 41.1 Å². The molecule has 0 aromatic heterocycles. The molecule has 4 unspecified atom stereocenters. The van der Waals surface area contributed by atoms with Crippen LogP contribution in [0.15, 0.2) is 0 Å². The van der Waals surface area contributed by atoms with E-state index in [1.165, 1.54) is 6.42 Å². The van der Waals surface area contributed by atoms with Crippen LogP contribution in [0.25, 0.3) is 0 Å². The Morgan fingerprint density at radius 2 is 2.12 bits per heavy atom. The number of carbonyl (C=O) groups excluding carboxylic acids is 1. The molecule has 1 saturated carbocycles. The zero-order valence-electron chi connectivity index (χ0n) is 10.7. The van der Waals surface area contributed by atoms with Crippen LogP contribution in [-0.4, -0.2) is 25.0 Å². The van der Waals surface area contributed by atoms with Crippen molar-refractivity contribution in [3.05, 3.63) is 0 Å². The highest BCUT2D eigenvalue weighted by atomic mass is 16.2. The molecule has 3 heteroatoms. The van der Waals surface area contributed by atoms with Crippen LogP contribution in [-0.2, 0) is 4.79 Å². The summed E-state index contributed by atoms with van der Waals surface area (Å²) in [5, 5.41) is 6.54. The van der Waals surface area contributed by atoms with Crippen LogP contribution in [0.3, 0.4) is 0 Å². The third kappa shape index (κ3) is 2.10. The van der Waals surface area contributed by atoms with Gasteiger partial charge >= 0.3 is 0 Å². The molecule has 2 fully saturated rings. The highest BCUT2D eigenvalue weighted by molar-refractivity contribution is 5.83. The second kappa shape index (κ2) is 4.36. The summed E-state index contributed by atoms with van der Waals surface area (Å²) in [6.07, 6.45) is 3.37. The van der Waals surface area contributed by atoms with Crippen LogP contribution >= 0.6 is 0 Å². The van der Waals surface area contributed by atoms with E-state index in [2.05, 4.69) is 31.4 Å². The number of carbonyl (C=O) groups is 1. The van der Waals surface area contributed by atoms with E-state index < -0.39 is 0 Å². The van der Waals surface area contributed by atoms with Gasteiger partial charge < -0.3 is 10.6 Å². The molecule has 0 aromatic rings. The summed E-state index contributed by atoms with van der Waals surface area (Å²) in [4.78, 5) is 12.2. The maximum absolute atomic E-state index is 12.2. The lowest BCUT2D eigenvalue weighted by Crippen LogP contribution is -2.46. The van der Waals surface area contributed by atoms with Crippen molar-refractivity contribution in [1.82, 2.24) is 10.6 Å². The van der Waals surface area contributed by atoms with Gasteiger partial charge in [-0.1, -0.05) is 13.8 Å². The zero-order valence-corrected chi connectivity index (χ0v) is 10.7. The molecule has 0 spiro atoms. The molecular weight excluding hydrogens is 200 g/mol. The Bertz CT molecular complexity index is 271. The molecule has 1 saturated heterocycles. The van der Waals surface area contributed by atoms with Crippen molar-refractivity contribution in [3.63, 3.8) is 0 Å². The average Bonchev–Trinajstić information content (AvgIpc) is 2.81. The van der Waals surface area contributed by atoms with Crippen molar-refractivity contribution in [2.75, 3.05) is 13.1 Å². The van der Waals surface area contributed by atoms with Crippen LogP contribution in [0.5, 0.6) is 0 Å². The fourth-order valence-electron chi connectivity index (χ4n) is 2.92. The minimum atomic E-state index is -0.175. The van der Waals surface area contributed by atoms with Crippen LogP contribution in [0.2, 0.25) is 0 Å². The van der Waals surface area contributed by atoms with Crippen molar-refractivity contribution in [2.24, 2.45) is 17.3 Å². The normalized spacial score (nSPS) is 43.6. The van der Waals surface area contributed by atoms with E-state index in [0.29, 0.717) is 12.0 Å². The van der Waals surface area contributed by atoms with E-state index >= 15 is 0 Å². The fourth-order valence-corrected chi connectivity index (χ4v) is 2.92. The van der Waals surface area contributed by atoms with Crippen molar-refractivity contribution in [1.29, 1.82) is 0 Å². The van der Waals surface area contributed by atoms with Crippen LogP contribution in [0, 0.1) is 17.3 Å². The van der Waals surface area contributed by atoms with Crippen LogP contribution in [0.4, 0.5) is 0 Å². The molecule has 1 aliphatic carbocycles. The Morgan fingerprint density at radius 3 is 2.62 bits per heavy atom. The molecule has 0 aromatic carbocycles. The van der Waals surface area contributed by atoms with Gasteiger partial charge in [0, 0.05) is 12.6 Å². The van der Waals surface area contributed by atoms with Gasteiger partial charge in [-0.05, 0) is 44.6 Å². The molecular formula is C13H24N2O. The second-order valence-corrected chi connectivity index (χ2v) is 5.98. The first kappa shape index (κ1) is 11.9. The fraction of sp³-hybridized carbons (Fsp3) is 0.923. The van der Waals surface area contributed by atoms with Gasteiger partial charge in [-0.3, -0.25) is 4.79 Å². The minimum Gasteiger partial charge on any atom is -0.353 e. The van der Waals surface area contributed by atoms with E-state index in [9.17, 15) is 4.79 Å². The number of nitrogens with one attached hydrogen (secondary N) is 2. The van der Waals surface area contributed by atoms with E-state index in [0.717, 1.165) is 31.8 Å². The van der Waals surface area contributed by atoms with E-state index in [4.69, 9.17) is 0 Å². The Hall–Kier alpha value is -0.570. The lowest BCUT2D eigenvalue weighted by atomic mass is 9.88. The standard InChI is InChI=1S/C13H24N2O/c1-9-4-5-11(10(9)2)15-12(16)13(3)6-7-14-8-13/h9-11,14H,4-8H2,1-3H3,(H,15,16). The molecule has 4 atom stereocenters. The van der Waals surface area contributed by atoms with Gasteiger partial charge in [0.15, 0.2) is 0 Å². The Morgan fingerprint density at radius 1 is 1.38 bits per heavy atom. The monoisotopic (exact) mass is 224 g/mol.